The van der Waals surface area contributed by atoms with Gasteiger partial charge in [-0.05, 0) is 12.1 Å². The second-order valence-corrected chi connectivity index (χ2v) is 7.16. The minimum atomic E-state index is -4.25. The number of sulfonamides is 1. The van der Waals surface area contributed by atoms with E-state index in [-0.39, 0.29) is 12.1 Å². The summed E-state index contributed by atoms with van der Waals surface area (Å²) in [6, 6.07) is 7.80. The Balaban J connectivity index is 2.42. The molecule has 150 valence electrons. The van der Waals surface area contributed by atoms with Crippen LogP contribution in [-0.4, -0.2) is 38.6 Å². The molecule has 2 aromatic carbocycles. The van der Waals surface area contributed by atoms with Gasteiger partial charge in [0.1, 0.15) is 11.5 Å². The maximum atomic E-state index is 12.8. The molecule has 0 fully saturated rings. The molecule has 0 amide bonds. The summed E-state index contributed by atoms with van der Waals surface area (Å²) in [6.45, 7) is -0.173. The summed E-state index contributed by atoms with van der Waals surface area (Å²) < 4.78 is 38.1. The third-order valence-electron chi connectivity index (χ3n) is 3.80. The number of rotatable bonds is 8. The third-order valence-corrected chi connectivity index (χ3v) is 5.24. The SMILES string of the molecule is COc1ccc(CNS(=O)(=O)c2cc([N+](=O)[O-])ccc2/C(N)=N/O)c(OC)c1. The van der Waals surface area contributed by atoms with Crippen LogP contribution in [0.25, 0.3) is 0 Å². The predicted octanol–water partition coefficient (Wildman–Crippen LogP) is 1.19. The van der Waals surface area contributed by atoms with Gasteiger partial charge in [-0.1, -0.05) is 11.2 Å². The van der Waals surface area contributed by atoms with E-state index in [4.69, 9.17) is 20.4 Å². The van der Waals surface area contributed by atoms with Crippen LogP contribution < -0.4 is 19.9 Å². The molecule has 0 aromatic heterocycles. The lowest BCUT2D eigenvalue weighted by molar-refractivity contribution is -0.385. The normalized spacial score (nSPS) is 11.9. The largest absolute Gasteiger partial charge is 0.497 e. The average Bonchev–Trinajstić information content (AvgIpc) is 2.70. The first-order valence-electron chi connectivity index (χ1n) is 7.70. The second kappa shape index (κ2) is 8.54. The Morgan fingerprint density at radius 3 is 2.54 bits per heavy atom. The van der Waals surface area contributed by atoms with Crippen LogP contribution in [0.1, 0.15) is 11.1 Å². The van der Waals surface area contributed by atoms with Crippen molar-refractivity contribution in [2.24, 2.45) is 10.9 Å². The molecular weight excluding hydrogens is 392 g/mol. The predicted molar refractivity (Wildman–Crippen MR) is 99.2 cm³/mol. The highest BCUT2D eigenvalue weighted by atomic mass is 32.2. The fourth-order valence-electron chi connectivity index (χ4n) is 2.36. The Bertz CT molecular complexity index is 1020. The van der Waals surface area contributed by atoms with Crippen molar-refractivity contribution in [3.63, 3.8) is 0 Å². The van der Waals surface area contributed by atoms with Gasteiger partial charge in [0.15, 0.2) is 5.84 Å². The molecule has 0 aliphatic rings. The molecule has 0 aliphatic carbocycles. The Kier molecular flexibility index (Phi) is 6.38. The van der Waals surface area contributed by atoms with Gasteiger partial charge in [0, 0.05) is 35.9 Å². The zero-order chi connectivity index (χ0) is 20.9. The Labute approximate surface area is 160 Å². The van der Waals surface area contributed by atoms with Gasteiger partial charge >= 0.3 is 0 Å². The zero-order valence-corrected chi connectivity index (χ0v) is 15.8. The minimum Gasteiger partial charge on any atom is -0.497 e. The molecule has 28 heavy (non-hydrogen) atoms. The Morgan fingerprint density at radius 1 is 1.25 bits per heavy atom. The summed E-state index contributed by atoms with van der Waals surface area (Å²) in [4.78, 5) is 9.76. The van der Waals surface area contributed by atoms with Crippen molar-refractivity contribution in [3.05, 3.63) is 57.6 Å². The number of hydrogen-bond acceptors (Lipinski definition) is 8. The molecule has 2 aromatic rings. The fraction of sp³-hybridized carbons (Fsp3) is 0.188. The van der Waals surface area contributed by atoms with Gasteiger partial charge < -0.3 is 20.4 Å². The van der Waals surface area contributed by atoms with E-state index in [0.717, 1.165) is 18.2 Å². The number of methoxy groups -OCH3 is 2. The number of benzene rings is 2. The molecule has 0 spiro atoms. The van der Waals surface area contributed by atoms with Gasteiger partial charge in [0.2, 0.25) is 10.0 Å². The summed E-state index contributed by atoms with van der Waals surface area (Å²) in [5, 5.41) is 22.6. The summed E-state index contributed by atoms with van der Waals surface area (Å²) >= 11 is 0. The van der Waals surface area contributed by atoms with E-state index >= 15 is 0 Å². The highest BCUT2D eigenvalue weighted by molar-refractivity contribution is 7.89. The number of nitrogens with zero attached hydrogens (tertiary/aromatic N) is 2. The lowest BCUT2D eigenvalue weighted by Gasteiger charge is -2.13. The van der Waals surface area contributed by atoms with Crippen LogP contribution in [0.4, 0.5) is 5.69 Å². The molecule has 0 atom stereocenters. The van der Waals surface area contributed by atoms with Crippen LogP contribution in [0.2, 0.25) is 0 Å². The average molecular weight is 410 g/mol. The van der Waals surface area contributed by atoms with Gasteiger partial charge in [0.05, 0.1) is 24.0 Å². The molecule has 0 heterocycles. The van der Waals surface area contributed by atoms with Crippen molar-refractivity contribution in [3.8, 4) is 11.5 Å². The molecule has 12 heteroatoms. The van der Waals surface area contributed by atoms with Crippen molar-refractivity contribution in [2.75, 3.05) is 14.2 Å². The van der Waals surface area contributed by atoms with Crippen LogP contribution in [0, 0.1) is 10.1 Å². The molecule has 4 N–H and O–H groups in total. The van der Waals surface area contributed by atoms with Gasteiger partial charge in [0.25, 0.3) is 5.69 Å². The maximum Gasteiger partial charge on any atom is 0.270 e. The number of hydrogen-bond donors (Lipinski definition) is 3. The number of amidine groups is 1. The molecule has 0 radical (unpaired) electrons. The first kappa shape index (κ1) is 20.9. The van der Waals surface area contributed by atoms with E-state index in [9.17, 15) is 18.5 Å². The van der Waals surface area contributed by atoms with Crippen LogP contribution in [0.3, 0.4) is 0 Å². The number of non-ortho nitro benzene ring substituents is 1. The van der Waals surface area contributed by atoms with Crippen molar-refractivity contribution >= 4 is 21.5 Å². The summed E-state index contributed by atoms with van der Waals surface area (Å²) in [7, 11) is -1.35. The van der Waals surface area contributed by atoms with Gasteiger partial charge in [-0.2, -0.15) is 0 Å². The molecule has 2 rings (SSSR count). The number of nitrogens with one attached hydrogen (secondary N) is 1. The van der Waals surface area contributed by atoms with Crippen molar-refractivity contribution < 1.29 is 28.0 Å². The molecule has 0 saturated carbocycles. The highest BCUT2D eigenvalue weighted by Crippen LogP contribution is 2.26. The van der Waals surface area contributed by atoms with E-state index in [1.165, 1.54) is 14.2 Å². The van der Waals surface area contributed by atoms with Crippen molar-refractivity contribution in [2.45, 2.75) is 11.4 Å². The van der Waals surface area contributed by atoms with Gasteiger partial charge in [-0.15, -0.1) is 0 Å². The number of ether oxygens (including phenoxy) is 2. The molecule has 0 saturated heterocycles. The Morgan fingerprint density at radius 2 is 1.96 bits per heavy atom. The zero-order valence-electron chi connectivity index (χ0n) is 14.9. The lowest BCUT2D eigenvalue weighted by Crippen LogP contribution is -2.27. The van der Waals surface area contributed by atoms with E-state index in [0.29, 0.717) is 17.1 Å². The number of nitro benzene ring substituents is 1. The summed E-state index contributed by atoms with van der Waals surface area (Å²) in [5.41, 5.74) is 5.37. The summed E-state index contributed by atoms with van der Waals surface area (Å²) in [5.74, 6) is 0.409. The molecule has 11 nitrogen and oxygen atoms in total. The van der Waals surface area contributed by atoms with E-state index < -0.39 is 31.4 Å². The molecule has 0 bridgehead atoms. The second-order valence-electron chi connectivity index (χ2n) is 5.43. The number of nitro groups is 1. The molecular formula is C16H18N4O7S. The minimum absolute atomic E-state index is 0.173. The fourth-order valence-corrected chi connectivity index (χ4v) is 3.60. The van der Waals surface area contributed by atoms with Crippen LogP contribution >= 0.6 is 0 Å². The van der Waals surface area contributed by atoms with Gasteiger partial charge in [-0.25, -0.2) is 13.1 Å². The smallest absolute Gasteiger partial charge is 0.270 e. The first-order chi connectivity index (χ1) is 13.2. The quantitative estimate of drug-likeness (QED) is 0.192. The van der Waals surface area contributed by atoms with Crippen LogP contribution in [-0.2, 0) is 16.6 Å². The van der Waals surface area contributed by atoms with E-state index in [1.807, 2.05) is 0 Å². The van der Waals surface area contributed by atoms with Crippen molar-refractivity contribution in [1.29, 1.82) is 0 Å². The number of oxime groups is 1. The third kappa shape index (κ3) is 4.47. The van der Waals surface area contributed by atoms with Crippen LogP contribution in [0.5, 0.6) is 11.5 Å². The van der Waals surface area contributed by atoms with E-state index in [1.54, 1.807) is 18.2 Å². The standard InChI is InChI=1S/C16H18N4O7S/c1-26-12-5-3-10(14(8-12)27-2)9-18-28(24,25)15-7-11(20(22)23)4-6-13(15)16(17)19-21/h3-8,18,21H,9H2,1-2H3,(H2,17,19). The topological polar surface area (TPSA) is 166 Å². The maximum absolute atomic E-state index is 12.8. The lowest BCUT2D eigenvalue weighted by atomic mass is 10.2. The molecule has 0 aliphatic heterocycles. The number of nitrogens with two attached hydrogens (primary N) is 1. The monoisotopic (exact) mass is 410 g/mol. The van der Waals surface area contributed by atoms with E-state index in [2.05, 4.69) is 9.88 Å². The Hall–Kier alpha value is -3.38. The molecule has 0 unspecified atom stereocenters. The highest BCUT2D eigenvalue weighted by Gasteiger charge is 2.24. The van der Waals surface area contributed by atoms with Crippen LogP contribution in [0.15, 0.2) is 46.4 Å². The summed E-state index contributed by atoms with van der Waals surface area (Å²) in [6.07, 6.45) is 0. The first-order valence-corrected chi connectivity index (χ1v) is 9.18. The van der Waals surface area contributed by atoms with Crippen molar-refractivity contribution in [1.82, 2.24) is 4.72 Å². The van der Waals surface area contributed by atoms with Gasteiger partial charge in [-0.3, -0.25) is 10.1 Å².